The third-order valence-corrected chi connectivity index (χ3v) is 4.88. The second kappa shape index (κ2) is 7.42. The number of nitrogens with zero attached hydrogens (tertiary/aromatic N) is 2. The van der Waals surface area contributed by atoms with E-state index in [0.717, 1.165) is 15.8 Å². The smallest absolute Gasteiger partial charge is 0.362 e. The fourth-order valence-corrected chi connectivity index (χ4v) is 3.34. The van der Waals surface area contributed by atoms with Gasteiger partial charge in [-0.3, -0.25) is 4.79 Å². The van der Waals surface area contributed by atoms with E-state index < -0.39 is 24.2 Å². The molecule has 1 aliphatic heterocycles. The summed E-state index contributed by atoms with van der Waals surface area (Å²) >= 11 is 6.24. The predicted molar refractivity (Wildman–Crippen MR) is 97.1 cm³/mol. The number of benzene rings is 1. The van der Waals surface area contributed by atoms with Gasteiger partial charge in [0.05, 0.1) is 6.04 Å². The molecular formula is C18H20ClF3N4O. The lowest BCUT2D eigenvalue weighted by molar-refractivity contribution is -0.173. The fourth-order valence-electron chi connectivity index (χ4n) is 3.07. The highest BCUT2D eigenvalue weighted by Crippen LogP contribution is 2.46. The molecule has 1 aromatic heterocycles. The Kier molecular flexibility index (Phi) is 5.37. The van der Waals surface area contributed by atoms with Crippen LogP contribution in [0.4, 0.5) is 19.0 Å². The average molecular weight is 401 g/mol. The van der Waals surface area contributed by atoms with Crippen LogP contribution in [0, 0.1) is 6.92 Å². The van der Waals surface area contributed by atoms with Crippen molar-refractivity contribution in [1.82, 2.24) is 15.1 Å². The Bertz CT molecular complexity index is 832. The van der Waals surface area contributed by atoms with Crippen LogP contribution in [0.25, 0.3) is 0 Å². The molecule has 0 radical (unpaired) electrons. The maximum absolute atomic E-state index is 13.7. The topological polar surface area (TPSA) is 59.0 Å². The molecule has 9 heteroatoms. The van der Waals surface area contributed by atoms with Gasteiger partial charge < -0.3 is 10.6 Å². The summed E-state index contributed by atoms with van der Waals surface area (Å²) in [6.07, 6.45) is -4.07. The van der Waals surface area contributed by atoms with Gasteiger partial charge in [-0.25, -0.2) is 4.68 Å². The quantitative estimate of drug-likeness (QED) is 0.785. The maximum Gasteiger partial charge on any atom is 0.410 e. The lowest BCUT2D eigenvalue weighted by Gasteiger charge is -2.33. The number of fused-ring (bicyclic) bond motifs is 1. The summed E-state index contributed by atoms with van der Waals surface area (Å²) in [5.41, 5.74) is 1.53. The van der Waals surface area contributed by atoms with Gasteiger partial charge in [0, 0.05) is 13.0 Å². The molecule has 5 nitrogen and oxygen atoms in total. The minimum Gasteiger partial charge on any atom is -0.362 e. The Morgan fingerprint density at radius 3 is 2.63 bits per heavy atom. The molecular weight excluding hydrogens is 381 g/mol. The van der Waals surface area contributed by atoms with Crippen molar-refractivity contribution in [3.8, 4) is 0 Å². The SMILES string of the molecule is CCCNC(=O)c1nn2c(c1Cl)N[C@H](c1ccc(C)cc1)C[C@@H]2C(F)(F)F. The summed E-state index contributed by atoms with van der Waals surface area (Å²) < 4.78 is 41.8. The van der Waals surface area contributed by atoms with Crippen molar-refractivity contribution in [2.45, 2.75) is 44.9 Å². The Labute approximate surface area is 159 Å². The normalized spacial score (nSPS) is 19.3. The summed E-state index contributed by atoms with van der Waals surface area (Å²) in [6, 6.07) is 4.80. The van der Waals surface area contributed by atoms with Crippen molar-refractivity contribution in [2.75, 3.05) is 11.9 Å². The van der Waals surface area contributed by atoms with Gasteiger partial charge in [-0.1, -0.05) is 48.4 Å². The number of alkyl halides is 3. The summed E-state index contributed by atoms with van der Waals surface area (Å²) in [5, 5.41) is 9.40. The number of halogens is 4. The van der Waals surface area contributed by atoms with Crippen molar-refractivity contribution in [2.24, 2.45) is 0 Å². The first-order valence-electron chi connectivity index (χ1n) is 8.68. The molecule has 146 valence electrons. The van der Waals surface area contributed by atoms with Crippen LogP contribution in [0.15, 0.2) is 24.3 Å². The standard InChI is InChI=1S/C18H20ClF3N4O/c1-3-8-23-17(27)15-14(19)16-24-12(11-6-4-10(2)5-7-11)9-13(18(20,21)22)26(16)25-15/h4-7,12-13,24H,3,8-9H2,1-2H3,(H,23,27)/t12-,13+/m0/s1. The van der Waals surface area contributed by atoms with Gasteiger partial charge in [0.15, 0.2) is 11.7 Å². The van der Waals surface area contributed by atoms with Gasteiger partial charge in [-0.05, 0) is 18.9 Å². The second-order valence-electron chi connectivity index (χ2n) is 6.61. The molecule has 27 heavy (non-hydrogen) atoms. The summed E-state index contributed by atoms with van der Waals surface area (Å²) in [4.78, 5) is 12.2. The van der Waals surface area contributed by atoms with Gasteiger partial charge >= 0.3 is 6.18 Å². The number of carbonyl (C=O) groups is 1. The average Bonchev–Trinajstić information content (AvgIpc) is 2.95. The zero-order chi connectivity index (χ0) is 19.8. The van der Waals surface area contributed by atoms with E-state index in [1.807, 2.05) is 26.0 Å². The van der Waals surface area contributed by atoms with Crippen molar-refractivity contribution in [1.29, 1.82) is 0 Å². The van der Waals surface area contributed by atoms with E-state index in [4.69, 9.17) is 11.6 Å². The largest absolute Gasteiger partial charge is 0.410 e. The van der Waals surface area contributed by atoms with E-state index in [0.29, 0.717) is 13.0 Å². The highest BCUT2D eigenvalue weighted by molar-refractivity contribution is 6.36. The molecule has 0 bridgehead atoms. The molecule has 2 aromatic rings. The van der Waals surface area contributed by atoms with Crippen LogP contribution in [0.3, 0.4) is 0 Å². The number of hydrogen-bond acceptors (Lipinski definition) is 3. The van der Waals surface area contributed by atoms with Crippen molar-refractivity contribution in [3.63, 3.8) is 0 Å². The number of anilines is 1. The molecule has 1 amide bonds. The second-order valence-corrected chi connectivity index (χ2v) is 6.99. The first kappa shape index (κ1) is 19.5. The third-order valence-electron chi connectivity index (χ3n) is 4.53. The van der Waals surface area contributed by atoms with Gasteiger partial charge in [0.2, 0.25) is 0 Å². The first-order valence-corrected chi connectivity index (χ1v) is 9.06. The van der Waals surface area contributed by atoms with E-state index in [-0.39, 0.29) is 23.0 Å². The molecule has 0 unspecified atom stereocenters. The summed E-state index contributed by atoms with van der Waals surface area (Å²) in [6.45, 7) is 4.16. The zero-order valence-electron chi connectivity index (χ0n) is 14.9. The maximum atomic E-state index is 13.7. The highest BCUT2D eigenvalue weighted by atomic mass is 35.5. The van der Waals surface area contributed by atoms with Crippen LogP contribution in [0.2, 0.25) is 5.02 Å². The molecule has 0 fully saturated rings. The van der Waals surface area contributed by atoms with E-state index in [1.165, 1.54) is 0 Å². The molecule has 0 aliphatic carbocycles. The molecule has 0 saturated heterocycles. The lowest BCUT2D eigenvalue weighted by atomic mass is 9.96. The predicted octanol–water partition coefficient (Wildman–Crippen LogP) is 4.65. The van der Waals surface area contributed by atoms with E-state index in [9.17, 15) is 18.0 Å². The summed E-state index contributed by atoms with van der Waals surface area (Å²) in [5.74, 6) is -0.573. The van der Waals surface area contributed by atoms with Crippen molar-refractivity contribution < 1.29 is 18.0 Å². The van der Waals surface area contributed by atoms with Crippen LogP contribution < -0.4 is 10.6 Å². The molecule has 2 atom stereocenters. The Balaban J connectivity index is 2.01. The van der Waals surface area contributed by atoms with Crippen LogP contribution >= 0.6 is 11.6 Å². The Hall–Kier alpha value is -2.22. The minimum atomic E-state index is -4.52. The van der Waals surface area contributed by atoms with Gasteiger partial charge in [0.1, 0.15) is 10.8 Å². The monoisotopic (exact) mass is 400 g/mol. The van der Waals surface area contributed by atoms with Gasteiger partial charge in [-0.15, -0.1) is 0 Å². The molecule has 2 N–H and O–H groups in total. The van der Waals surface area contributed by atoms with E-state index in [2.05, 4.69) is 15.7 Å². The van der Waals surface area contributed by atoms with Crippen molar-refractivity contribution >= 4 is 23.3 Å². The van der Waals surface area contributed by atoms with Crippen LogP contribution in [0.1, 0.15) is 53.5 Å². The number of aryl methyl sites for hydroxylation is 1. The van der Waals surface area contributed by atoms with Crippen LogP contribution in [-0.4, -0.2) is 28.4 Å². The van der Waals surface area contributed by atoms with Gasteiger partial charge in [0.25, 0.3) is 5.91 Å². The molecule has 1 aromatic carbocycles. The summed E-state index contributed by atoms with van der Waals surface area (Å²) in [7, 11) is 0. The first-order chi connectivity index (χ1) is 12.7. The third kappa shape index (κ3) is 3.90. The van der Waals surface area contributed by atoms with Crippen LogP contribution in [0.5, 0.6) is 0 Å². The number of amides is 1. The molecule has 2 heterocycles. The van der Waals surface area contributed by atoms with Crippen LogP contribution in [-0.2, 0) is 0 Å². The molecule has 3 rings (SSSR count). The number of rotatable bonds is 4. The molecule has 0 spiro atoms. The number of nitrogens with one attached hydrogen (secondary N) is 2. The Morgan fingerprint density at radius 1 is 1.37 bits per heavy atom. The Morgan fingerprint density at radius 2 is 2.04 bits per heavy atom. The highest BCUT2D eigenvalue weighted by Gasteiger charge is 2.47. The molecule has 0 saturated carbocycles. The lowest BCUT2D eigenvalue weighted by Crippen LogP contribution is -2.36. The minimum absolute atomic E-state index is 0.0115. The van der Waals surface area contributed by atoms with Crippen molar-refractivity contribution in [3.05, 3.63) is 46.1 Å². The van der Waals surface area contributed by atoms with Gasteiger partial charge in [-0.2, -0.15) is 18.3 Å². The zero-order valence-corrected chi connectivity index (χ0v) is 15.7. The fraction of sp³-hybridized carbons (Fsp3) is 0.444. The number of carbonyl (C=O) groups excluding carboxylic acids is 1. The number of hydrogen-bond donors (Lipinski definition) is 2. The van der Waals surface area contributed by atoms with E-state index in [1.54, 1.807) is 12.1 Å². The molecule has 1 aliphatic rings. The van der Waals surface area contributed by atoms with E-state index >= 15 is 0 Å². The number of aromatic nitrogens is 2.